The topological polar surface area (TPSA) is 32.6 Å². The van der Waals surface area contributed by atoms with Gasteiger partial charge in [0.25, 0.3) is 0 Å². The highest BCUT2D eigenvalue weighted by molar-refractivity contribution is 7.15. The lowest BCUT2D eigenvalue weighted by molar-refractivity contribution is 0.662. The number of nitrogens with zero attached hydrogens (tertiary/aromatic N) is 3. The second-order valence-electron chi connectivity index (χ2n) is 5.78. The van der Waals surface area contributed by atoms with Crippen LogP contribution < -0.4 is 10.2 Å². The first-order chi connectivity index (χ1) is 9.33. The number of rotatable bonds is 4. The Kier molecular flexibility index (Phi) is 2.77. The van der Waals surface area contributed by atoms with Crippen LogP contribution in [0, 0.1) is 0 Å². The van der Waals surface area contributed by atoms with Gasteiger partial charge in [0, 0.05) is 36.8 Å². The summed E-state index contributed by atoms with van der Waals surface area (Å²) in [5, 5.41) is 5.76. The summed E-state index contributed by atoms with van der Waals surface area (Å²) in [6, 6.07) is 1.37. The van der Waals surface area contributed by atoms with Crippen LogP contribution in [0.25, 0.3) is 4.96 Å². The van der Waals surface area contributed by atoms with Crippen LogP contribution in [0.2, 0.25) is 0 Å². The second-order valence-corrected chi connectivity index (χ2v) is 6.65. The predicted octanol–water partition coefficient (Wildman–Crippen LogP) is 2.64. The zero-order chi connectivity index (χ0) is 12.8. The number of aromatic nitrogens is 2. The van der Waals surface area contributed by atoms with E-state index in [-0.39, 0.29) is 0 Å². The first-order valence-electron chi connectivity index (χ1n) is 7.27. The Morgan fingerprint density at radius 2 is 2.32 bits per heavy atom. The van der Waals surface area contributed by atoms with E-state index in [9.17, 15) is 0 Å². The van der Waals surface area contributed by atoms with Crippen molar-refractivity contribution in [3.8, 4) is 0 Å². The summed E-state index contributed by atoms with van der Waals surface area (Å²) >= 11 is 1.73. The smallest absolute Gasteiger partial charge is 0.195 e. The Morgan fingerprint density at radius 1 is 1.42 bits per heavy atom. The minimum atomic E-state index is 0.629. The highest BCUT2D eigenvalue weighted by Crippen LogP contribution is 2.31. The molecule has 1 unspecified atom stereocenters. The Labute approximate surface area is 117 Å². The molecule has 1 saturated heterocycles. The van der Waals surface area contributed by atoms with Gasteiger partial charge in [-0.25, -0.2) is 4.98 Å². The fraction of sp³-hybridized carbons (Fsp3) is 0.643. The van der Waals surface area contributed by atoms with Crippen molar-refractivity contribution >= 4 is 22.1 Å². The van der Waals surface area contributed by atoms with Crippen LogP contribution in [0.3, 0.4) is 0 Å². The number of hydrogen-bond donors (Lipinski definition) is 1. The third kappa shape index (κ3) is 2.05. The van der Waals surface area contributed by atoms with Crippen molar-refractivity contribution in [2.45, 2.75) is 51.2 Å². The molecule has 2 fully saturated rings. The zero-order valence-electron chi connectivity index (χ0n) is 11.3. The molecule has 4 nitrogen and oxygen atoms in total. The molecule has 1 N–H and O–H groups in total. The summed E-state index contributed by atoms with van der Waals surface area (Å²) in [5.74, 6) is 1.21. The number of fused-ring (bicyclic) bond motifs is 1. The Bertz CT molecular complexity index is 583. The van der Waals surface area contributed by atoms with E-state index in [0.717, 1.165) is 24.1 Å². The van der Waals surface area contributed by atoms with Crippen molar-refractivity contribution in [1.29, 1.82) is 0 Å². The Hall–Kier alpha value is -1.07. The van der Waals surface area contributed by atoms with Crippen molar-refractivity contribution in [1.82, 2.24) is 14.7 Å². The average Bonchev–Trinajstić information content (AvgIpc) is 2.81. The van der Waals surface area contributed by atoms with Crippen LogP contribution in [0.5, 0.6) is 0 Å². The lowest BCUT2D eigenvalue weighted by atomic mass is 10.2. The van der Waals surface area contributed by atoms with Gasteiger partial charge in [-0.05, 0) is 32.6 Å². The van der Waals surface area contributed by atoms with Crippen LogP contribution in [0.4, 0.5) is 5.82 Å². The van der Waals surface area contributed by atoms with Gasteiger partial charge in [0.15, 0.2) is 10.8 Å². The number of thiazole rings is 1. The molecule has 1 aliphatic heterocycles. The molecule has 0 amide bonds. The normalized spacial score (nSPS) is 23.6. The molecule has 19 heavy (non-hydrogen) atoms. The molecule has 1 aliphatic carbocycles. The fourth-order valence-electron chi connectivity index (χ4n) is 2.99. The molecule has 2 aromatic rings. The van der Waals surface area contributed by atoms with Gasteiger partial charge in [0.2, 0.25) is 0 Å². The predicted molar refractivity (Wildman–Crippen MR) is 79.0 cm³/mol. The van der Waals surface area contributed by atoms with Gasteiger partial charge in [-0.3, -0.25) is 4.40 Å². The summed E-state index contributed by atoms with van der Waals surface area (Å²) in [7, 11) is 0. The molecule has 2 aliphatic rings. The minimum absolute atomic E-state index is 0.629. The maximum atomic E-state index is 4.87. The van der Waals surface area contributed by atoms with E-state index in [2.05, 4.69) is 33.1 Å². The molecule has 0 aromatic carbocycles. The largest absolute Gasteiger partial charge is 0.352 e. The first kappa shape index (κ1) is 11.7. The summed E-state index contributed by atoms with van der Waals surface area (Å²) in [6.07, 6.45) is 7.41. The quantitative estimate of drug-likeness (QED) is 0.932. The highest BCUT2D eigenvalue weighted by atomic mass is 32.1. The molecule has 3 heterocycles. The van der Waals surface area contributed by atoms with E-state index in [4.69, 9.17) is 4.98 Å². The number of hydrogen-bond acceptors (Lipinski definition) is 4. The van der Waals surface area contributed by atoms with Crippen molar-refractivity contribution in [3.63, 3.8) is 0 Å². The molecule has 102 valence electrons. The van der Waals surface area contributed by atoms with Crippen LogP contribution in [-0.4, -0.2) is 28.0 Å². The molecule has 2 aromatic heterocycles. The maximum absolute atomic E-state index is 4.87. The number of imidazole rings is 1. The second kappa shape index (κ2) is 4.49. The Morgan fingerprint density at radius 3 is 3.05 bits per heavy atom. The van der Waals surface area contributed by atoms with Crippen molar-refractivity contribution in [2.24, 2.45) is 0 Å². The third-order valence-electron chi connectivity index (χ3n) is 4.30. The summed E-state index contributed by atoms with van der Waals surface area (Å²) < 4.78 is 2.26. The van der Waals surface area contributed by atoms with Crippen LogP contribution >= 0.6 is 11.3 Å². The highest BCUT2D eigenvalue weighted by Gasteiger charge is 2.28. The summed E-state index contributed by atoms with van der Waals surface area (Å²) in [5.41, 5.74) is 1.34. The first-order valence-corrected chi connectivity index (χ1v) is 8.15. The van der Waals surface area contributed by atoms with E-state index in [1.165, 1.54) is 37.2 Å². The molecule has 0 radical (unpaired) electrons. The lowest BCUT2D eigenvalue weighted by Gasteiger charge is -2.22. The van der Waals surface area contributed by atoms with E-state index < -0.39 is 0 Å². The van der Waals surface area contributed by atoms with E-state index in [1.54, 1.807) is 11.3 Å². The lowest BCUT2D eigenvalue weighted by Crippen LogP contribution is -2.29. The molecular formula is C14H20N4S. The van der Waals surface area contributed by atoms with Gasteiger partial charge in [-0.1, -0.05) is 0 Å². The van der Waals surface area contributed by atoms with Crippen LogP contribution in [0.1, 0.15) is 38.3 Å². The summed E-state index contributed by atoms with van der Waals surface area (Å²) in [6.45, 7) is 4.42. The van der Waals surface area contributed by atoms with Crippen LogP contribution in [0.15, 0.2) is 11.6 Å². The molecule has 4 rings (SSSR count). The third-order valence-corrected chi connectivity index (χ3v) is 5.06. The molecule has 0 bridgehead atoms. The molecule has 1 saturated carbocycles. The number of nitrogens with one attached hydrogen (secondary N) is 1. The fourth-order valence-corrected chi connectivity index (χ4v) is 3.72. The SMILES string of the molecule is CC1CCCN1c1nc2sccn2c1CNC1CC1. The number of anilines is 1. The van der Waals surface area contributed by atoms with E-state index in [1.807, 2.05) is 0 Å². The van der Waals surface area contributed by atoms with Gasteiger partial charge < -0.3 is 10.2 Å². The average molecular weight is 276 g/mol. The van der Waals surface area contributed by atoms with Gasteiger partial charge in [0.1, 0.15) is 0 Å². The zero-order valence-corrected chi connectivity index (χ0v) is 12.1. The monoisotopic (exact) mass is 276 g/mol. The van der Waals surface area contributed by atoms with Crippen molar-refractivity contribution < 1.29 is 0 Å². The minimum Gasteiger partial charge on any atom is -0.352 e. The van der Waals surface area contributed by atoms with E-state index in [0.29, 0.717) is 6.04 Å². The molecule has 0 spiro atoms. The van der Waals surface area contributed by atoms with Crippen molar-refractivity contribution in [3.05, 3.63) is 17.3 Å². The van der Waals surface area contributed by atoms with Gasteiger partial charge in [-0.2, -0.15) is 0 Å². The summed E-state index contributed by atoms with van der Waals surface area (Å²) in [4.78, 5) is 8.49. The standard InChI is InChI=1S/C14H20N4S/c1-10-3-2-6-17(10)13-12(9-15-11-4-5-11)18-7-8-19-14(18)16-13/h7-8,10-11,15H,2-6,9H2,1H3. The van der Waals surface area contributed by atoms with Crippen LogP contribution in [-0.2, 0) is 6.54 Å². The van der Waals surface area contributed by atoms with Crippen molar-refractivity contribution in [2.75, 3.05) is 11.4 Å². The molecule has 5 heteroatoms. The van der Waals surface area contributed by atoms with Gasteiger partial charge >= 0.3 is 0 Å². The van der Waals surface area contributed by atoms with Gasteiger partial charge in [-0.15, -0.1) is 11.3 Å². The maximum Gasteiger partial charge on any atom is 0.195 e. The molecular weight excluding hydrogens is 256 g/mol. The van der Waals surface area contributed by atoms with E-state index >= 15 is 0 Å². The molecule has 1 atom stereocenters. The van der Waals surface area contributed by atoms with Gasteiger partial charge in [0.05, 0.1) is 5.69 Å². The Balaban J connectivity index is 1.70.